The van der Waals surface area contributed by atoms with Crippen LogP contribution in [0.4, 0.5) is 0 Å². The lowest BCUT2D eigenvalue weighted by Gasteiger charge is -2.17. The molecule has 0 radical (unpaired) electrons. The van der Waals surface area contributed by atoms with Crippen LogP contribution >= 0.6 is 0 Å². The number of hydrogen-bond donors (Lipinski definition) is 2. The third kappa shape index (κ3) is 3.21. The summed E-state index contributed by atoms with van der Waals surface area (Å²) < 4.78 is 0. The molecule has 3 heteroatoms. The van der Waals surface area contributed by atoms with Gasteiger partial charge in [0.05, 0.1) is 0 Å². The summed E-state index contributed by atoms with van der Waals surface area (Å²) in [7, 11) is 0. The van der Waals surface area contributed by atoms with E-state index in [-0.39, 0.29) is 5.91 Å². The summed E-state index contributed by atoms with van der Waals surface area (Å²) in [6.07, 6.45) is 7.53. The largest absolute Gasteiger partial charge is 0.356 e. The molecule has 2 aliphatic carbocycles. The monoisotopic (exact) mass is 236 g/mol. The van der Waals surface area contributed by atoms with Crippen molar-refractivity contribution in [2.45, 2.75) is 38.5 Å². The van der Waals surface area contributed by atoms with Gasteiger partial charge in [0.1, 0.15) is 0 Å². The van der Waals surface area contributed by atoms with E-state index >= 15 is 0 Å². The second-order valence-electron chi connectivity index (χ2n) is 6.21. The maximum Gasteiger partial charge on any atom is 0.220 e. The fourth-order valence-corrected chi connectivity index (χ4v) is 3.22. The maximum absolute atomic E-state index is 11.9. The number of rotatable bonds is 6. The van der Waals surface area contributed by atoms with Crippen LogP contribution in [0.1, 0.15) is 38.5 Å². The van der Waals surface area contributed by atoms with Crippen molar-refractivity contribution in [2.24, 2.45) is 23.7 Å². The van der Waals surface area contributed by atoms with Gasteiger partial charge in [0.15, 0.2) is 0 Å². The summed E-state index contributed by atoms with van der Waals surface area (Å²) in [5, 5.41) is 6.50. The van der Waals surface area contributed by atoms with E-state index in [0.29, 0.717) is 5.92 Å². The molecule has 0 aromatic rings. The van der Waals surface area contributed by atoms with Gasteiger partial charge in [-0.15, -0.1) is 0 Å². The van der Waals surface area contributed by atoms with Gasteiger partial charge in [-0.2, -0.15) is 0 Å². The molecule has 2 N–H and O–H groups in total. The quantitative estimate of drug-likeness (QED) is 0.734. The predicted molar refractivity (Wildman–Crippen MR) is 67.5 cm³/mol. The van der Waals surface area contributed by atoms with E-state index in [1.54, 1.807) is 0 Å². The molecule has 1 amide bonds. The van der Waals surface area contributed by atoms with Gasteiger partial charge in [-0.05, 0) is 68.9 Å². The Hall–Kier alpha value is -0.570. The molecule has 1 aliphatic heterocycles. The predicted octanol–water partition coefficient (Wildman–Crippen LogP) is 1.54. The topological polar surface area (TPSA) is 41.1 Å². The number of carbonyl (C=O) groups excluding carboxylic acids is 1. The van der Waals surface area contributed by atoms with Crippen LogP contribution in [-0.2, 0) is 4.79 Å². The van der Waals surface area contributed by atoms with Gasteiger partial charge in [0.2, 0.25) is 5.91 Å². The zero-order valence-electron chi connectivity index (χ0n) is 10.6. The first-order chi connectivity index (χ1) is 8.33. The minimum Gasteiger partial charge on any atom is -0.356 e. The third-order valence-electron chi connectivity index (χ3n) is 4.63. The highest BCUT2D eigenvalue weighted by molar-refractivity contribution is 5.76. The van der Waals surface area contributed by atoms with Gasteiger partial charge in [-0.3, -0.25) is 4.79 Å². The SMILES string of the molecule is O=C(CC1CCNC1)NCC(C1CC1)C1CC1. The molecular weight excluding hydrogens is 212 g/mol. The molecule has 0 aromatic carbocycles. The van der Waals surface area contributed by atoms with E-state index in [1.165, 1.54) is 32.1 Å². The first kappa shape index (κ1) is 11.5. The smallest absolute Gasteiger partial charge is 0.220 e. The van der Waals surface area contributed by atoms with Crippen LogP contribution in [0.3, 0.4) is 0 Å². The summed E-state index contributed by atoms with van der Waals surface area (Å²) in [5.74, 6) is 3.55. The molecule has 0 bridgehead atoms. The van der Waals surface area contributed by atoms with Crippen LogP contribution in [0.2, 0.25) is 0 Å². The fraction of sp³-hybridized carbons (Fsp3) is 0.929. The van der Waals surface area contributed by atoms with Crippen LogP contribution in [0.15, 0.2) is 0 Å². The standard InChI is InChI=1S/C14H24N2O/c17-14(7-10-5-6-15-8-10)16-9-13(11-1-2-11)12-3-4-12/h10-13,15H,1-9H2,(H,16,17). The second kappa shape index (κ2) is 4.97. The van der Waals surface area contributed by atoms with E-state index in [1.807, 2.05) is 0 Å². The van der Waals surface area contributed by atoms with Crippen molar-refractivity contribution in [1.82, 2.24) is 10.6 Å². The minimum atomic E-state index is 0.282. The van der Waals surface area contributed by atoms with Crippen LogP contribution < -0.4 is 10.6 Å². The van der Waals surface area contributed by atoms with Crippen molar-refractivity contribution >= 4 is 5.91 Å². The van der Waals surface area contributed by atoms with Crippen LogP contribution in [0.25, 0.3) is 0 Å². The normalized spacial score (nSPS) is 28.6. The number of nitrogens with one attached hydrogen (secondary N) is 2. The second-order valence-corrected chi connectivity index (χ2v) is 6.21. The van der Waals surface area contributed by atoms with Crippen LogP contribution in [0.5, 0.6) is 0 Å². The molecule has 1 saturated heterocycles. The molecule has 1 unspecified atom stereocenters. The Bertz CT molecular complexity index is 266. The van der Waals surface area contributed by atoms with Gasteiger partial charge >= 0.3 is 0 Å². The van der Waals surface area contributed by atoms with E-state index in [4.69, 9.17) is 0 Å². The minimum absolute atomic E-state index is 0.282. The number of amides is 1. The molecule has 3 fully saturated rings. The van der Waals surface area contributed by atoms with Crippen molar-refractivity contribution in [3.8, 4) is 0 Å². The van der Waals surface area contributed by atoms with Crippen molar-refractivity contribution in [2.75, 3.05) is 19.6 Å². The average molecular weight is 236 g/mol. The highest BCUT2D eigenvalue weighted by atomic mass is 16.1. The molecule has 3 rings (SSSR count). The Balaban J connectivity index is 1.38. The van der Waals surface area contributed by atoms with E-state index in [0.717, 1.165) is 43.8 Å². The number of hydrogen-bond acceptors (Lipinski definition) is 2. The molecular formula is C14H24N2O. The lowest BCUT2D eigenvalue weighted by Crippen LogP contribution is -2.32. The molecule has 0 spiro atoms. The van der Waals surface area contributed by atoms with Crippen LogP contribution in [-0.4, -0.2) is 25.5 Å². The summed E-state index contributed by atoms with van der Waals surface area (Å²) in [6, 6.07) is 0. The fourth-order valence-electron chi connectivity index (χ4n) is 3.22. The van der Waals surface area contributed by atoms with E-state index in [9.17, 15) is 4.79 Å². The Morgan fingerprint density at radius 2 is 1.88 bits per heavy atom. The van der Waals surface area contributed by atoms with Gasteiger partial charge < -0.3 is 10.6 Å². The summed E-state index contributed by atoms with van der Waals surface area (Å²) >= 11 is 0. The first-order valence-electron chi connectivity index (χ1n) is 7.30. The highest BCUT2D eigenvalue weighted by Crippen LogP contribution is 2.48. The first-order valence-corrected chi connectivity index (χ1v) is 7.30. The molecule has 0 aromatic heterocycles. The Morgan fingerprint density at radius 1 is 1.18 bits per heavy atom. The summed E-state index contributed by atoms with van der Waals surface area (Å²) in [6.45, 7) is 3.07. The zero-order valence-corrected chi connectivity index (χ0v) is 10.6. The van der Waals surface area contributed by atoms with Crippen molar-refractivity contribution in [1.29, 1.82) is 0 Å². The van der Waals surface area contributed by atoms with Gasteiger partial charge in [-0.25, -0.2) is 0 Å². The Morgan fingerprint density at radius 3 is 2.41 bits per heavy atom. The molecule has 3 aliphatic rings. The molecule has 2 saturated carbocycles. The Kier molecular flexibility index (Phi) is 3.37. The van der Waals surface area contributed by atoms with Crippen molar-refractivity contribution in [3.05, 3.63) is 0 Å². The number of carbonyl (C=O) groups is 1. The van der Waals surface area contributed by atoms with Crippen LogP contribution in [0, 0.1) is 23.7 Å². The van der Waals surface area contributed by atoms with E-state index < -0.39 is 0 Å². The van der Waals surface area contributed by atoms with Gasteiger partial charge in [-0.1, -0.05) is 0 Å². The molecule has 3 nitrogen and oxygen atoms in total. The summed E-state index contributed by atoms with van der Waals surface area (Å²) in [5.41, 5.74) is 0. The highest BCUT2D eigenvalue weighted by Gasteiger charge is 2.41. The zero-order chi connectivity index (χ0) is 11.7. The Labute approximate surface area is 104 Å². The van der Waals surface area contributed by atoms with Crippen molar-refractivity contribution in [3.63, 3.8) is 0 Å². The molecule has 96 valence electrons. The average Bonchev–Trinajstić information content (AvgIpc) is 3.22. The third-order valence-corrected chi connectivity index (χ3v) is 4.63. The van der Waals surface area contributed by atoms with Gasteiger partial charge in [0.25, 0.3) is 0 Å². The lowest BCUT2D eigenvalue weighted by atomic mass is 9.97. The van der Waals surface area contributed by atoms with E-state index in [2.05, 4.69) is 10.6 Å². The lowest BCUT2D eigenvalue weighted by molar-refractivity contribution is -0.122. The van der Waals surface area contributed by atoms with Gasteiger partial charge in [0, 0.05) is 13.0 Å². The molecule has 17 heavy (non-hydrogen) atoms. The summed E-state index contributed by atoms with van der Waals surface area (Å²) in [4.78, 5) is 11.9. The molecule has 1 heterocycles. The van der Waals surface area contributed by atoms with Crippen molar-refractivity contribution < 1.29 is 4.79 Å². The maximum atomic E-state index is 11.9. The molecule has 1 atom stereocenters.